The number of benzene rings is 2. The largest absolute Gasteiger partial charge is 0.354 e. The zero-order chi connectivity index (χ0) is 19.9. The maximum Gasteiger partial charge on any atom is 0.224 e. The Labute approximate surface area is 170 Å². The zero-order valence-electron chi connectivity index (χ0n) is 15.7. The van der Waals surface area contributed by atoms with E-state index in [1.165, 1.54) is 5.56 Å². The van der Waals surface area contributed by atoms with Crippen LogP contribution in [-0.4, -0.2) is 16.5 Å². The number of nitrogens with zero attached hydrogens (tertiary/aromatic N) is 3. The van der Waals surface area contributed by atoms with Crippen LogP contribution in [0.4, 0.5) is 17.5 Å². The molecule has 0 amide bonds. The van der Waals surface area contributed by atoms with E-state index in [1.807, 2.05) is 60.4 Å². The molecule has 0 fully saturated rings. The van der Waals surface area contributed by atoms with E-state index in [2.05, 4.69) is 27.8 Å². The van der Waals surface area contributed by atoms with Crippen molar-refractivity contribution < 1.29 is 0 Å². The van der Waals surface area contributed by atoms with Crippen LogP contribution in [0.15, 0.2) is 67.5 Å². The highest BCUT2D eigenvalue weighted by Crippen LogP contribution is 2.32. The number of terminal acetylenes is 1. The van der Waals surface area contributed by atoms with Gasteiger partial charge in [0, 0.05) is 24.0 Å². The Morgan fingerprint density at radius 3 is 2.64 bits per heavy atom. The third-order valence-electron chi connectivity index (χ3n) is 4.33. The van der Waals surface area contributed by atoms with Crippen LogP contribution < -0.4 is 10.2 Å². The highest BCUT2D eigenvalue weighted by atomic mass is 35.5. The van der Waals surface area contributed by atoms with Crippen molar-refractivity contribution in [1.82, 2.24) is 9.97 Å². The van der Waals surface area contributed by atoms with Gasteiger partial charge in [-0.2, -0.15) is 4.98 Å². The van der Waals surface area contributed by atoms with Crippen molar-refractivity contribution in [2.24, 2.45) is 0 Å². The number of para-hydroxylation sites is 1. The molecule has 2 aromatic carbocycles. The molecule has 0 spiro atoms. The molecule has 1 heterocycles. The first-order valence-corrected chi connectivity index (χ1v) is 9.29. The number of halogens is 1. The summed E-state index contributed by atoms with van der Waals surface area (Å²) in [7, 11) is 0. The third kappa shape index (κ3) is 4.51. The second kappa shape index (κ2) is 9.07. The lowest BCUT2D eigenvalue weighted by Gasteiger charge is -2.22. The smallest absolute Gasteiger partial charge is 0.224 e. The summed E-state index contributed by atoms with van der Waals surface area (Å²) in [5.74, 6) is 3.72. The summed E-state index contributed by atoms with van der Waals surface area (Å²) in [4.78, 5) is 10.7. The van der Waals surface area contributed by atoms with E-state index in [1.54, 1.807) is 12.4 Å². The van der Waals surface area contributed by atoms with Crippen LogP contribution in [0.2, 0.25) is 5.02 Å². The first kappa shape index (κ1) is 19.5. The van der Waals surface area contributed by atoms with Crippen molar-refractivity contribution in [3.05, 3.63) is 89.2 Å². The molecule has 3 aromatic rings. The summed E-state index contributed by atoms with van der Waals surface area (Å²) in [6, 6.07) is 15.9. The molecular formula is C23H21ClN4. The normalized spacial score (nSPS) is 10.2. The molecule has 0 aliphatic heterocycles. The van der Waals surface area contributed by atoms with Crippen LogP contribution in [0.1, 0.15) is 16.7 Å². The molecule has 140 valence electrons. The zero-order valence-corrected chi connectivity index (χ0v) is 16.4. The van der Waals surface area contributed by atoms with Crippen LogP contribution in [0, 0.1) is 19.3 Å². The average Bonchev–Trinajstić information content (AvgIpc) is 2.72. The summed E-state index contributed by atoms with van der Waals surface area (Å²) in [6.45, 7) is 6.64. The second-order valence-corrected chi connectivity index (χ2v) is 6.63. The highest BCUT2D eigenvalue weighted by molar-refractivity contribution is 6.33. The van der Waals surface area contributed by atoms with Crippen LogP contribution in [-0.2, 0) is 6.42 Å². The van der Waals surface area contributed by atoms with E-state index >= 15 is 0 Å². The Morgan fingerprint density at radius 2 is 1.96 bits per heavy atom. The number of aromatic nitrogens is 2. The molecule has 0 saturated carbocycles. The van der Waals surface area contributed by atoms with Gasteiger partial charge in [0.15, 0.2) is 5.82 Å². The number of anilines is 3. The van der Waals surface area contributed by atoms with Gasteiger partial charge in [-0.15, -0.1) is 6.42 Å². The number of hydrogen-bond donors (Lipinski definition) is 1. The first-order valence-electron chi connectivity index (χ1n) is 8.91. The lowest BCUT2D eigenvalue weighted by atomic mass is 10.1. The van der Waals surface area contributed by atoms with Gasteiger partial charge in [0.1, 0.15) is 5.02 Å². The van der Waals surface area contributed by atoms with Crippen molar-refractivity contribution in [3.63, 3.8) is 0 Å². The van der Waals surface area contributed by atoms with Gasteiger partial charge < -0.3 is 10.2 Å². The second-order valence-electron chi connectivity index (χ2n) is 6.22. The minimum atomic E-state index is 0.457. The number of nitrogens with one attached hydrogen (secondary N) is 1. The maximum atomic E-state index is 6.37. The van der Waals surface area contributed by atoms with Crippen LogP contribution in [0.25, 0.3) is 0 Å². The van der Waals surface area contributed by atoms with E-state index in [0.717, 1.165) is 23.2 Å². The Bertz CT molecular complexity index is 1010. The van der Waals surface area contributed by atoms with Crippen molar-refractivity contribution in [3.8, 4) is 12.3 Å². The van der Waals surface area contributed by atoms with Crippen molar-refractivity contribution in [2.45, 2.75) is 13.3 Å². The summed E-state index contributed by atoms with van der Waals surface area (Å²) in [5, 5.41) is 3.71. The summed E-state index contributed by atoms with van der Waals surface area (Å²) >= 11 is 6.37. The van der Waals surface area contributed by atoms with E-state index in [-0.39, 0.29) is 0 Å². The lowest BCUT2D eigenvalue weighted by molar-refractivity contribution is 0.979. The molecule has 0 saturated heterocycles. The molecule has 28 heavy (non-hydrogen) atoms. The van der Waals surface area contributed by atoms with Crippen molar-refractivity contribution in [1.29, 1.82) is 0 Å². The maximum absolute atomic E-state index is 6.37. The SMILES string of the molecule is C#Cc1ccc(CCNc2ncc(Cl)c(N(C=C)c3ccccc3C)n2)cc1. The van der Waals surface area contributed by atoms with E-state index < -0.39 is 0 Å². The predicted octanol–water partition coefficient (Wildman–Crippen LogP) is 5.36. The molecule has 5 heteroatoms. The fraction of sp³-hybridized carbons (Fsp3) is 0.130. The van der Waals surface area contributed by atoms with Crippen LogP contribution in [0.5, 0.6) is 0 Å². The topological polar surface area (TPSA) is 41.1 Å². The first-order chi connectivity index (χ1) is 13.6. The van der Waals surface area contributed by atoms with Gasteiger partial charge in [0.25, 0.3) is 0 Å². The summed E-state index contributed by atoms with van der Waals surface area (Å²) in [6.07, 6.45) is 9.52. The van der Waals surface area contributed by atoms with Crippen LogP contribution >= 0.6 is 11.6 Å². The van der Waals surface area contributed by atoms with Crippen molar-refractivity contribution in [2.75, 3.05) is 16.8 Å². The molecule has 1 aromatic heterocycles. The molecule has 0 radical (unpaired) electrons. The number of rotatable bonds is 7. The van der Waals surface area contributed by atoms with Gasteiger partial charge in [-0.05, 0) is 42.7 Å². The number of hydrogen-bond acceptors (Lipinski definition) is 4. The van der Waals surface area contributed by atoms with Gasteiger partial charge in [-0.25, -0.2) is 4.98 Å². The molecule has 1 N–H and O–H groups in total. The Balaban J connectivity index is 1.74. The average molecular weight is 389 g/mol. The summed E-state index contributed by atoms with van der Waals surface area (Å²) in [5.41, 5.74) is 4.14. The molecule has 0 aliphatic rings. The van der Waals surface area contributed by atoms with Crippen LogP contribution in [0.3, 0.4) is 0 Å². The number of aryl methyl sites for hydroxylation is 1. The van der Waals surface area contributed by atoms with E-state index in [0.29, 0.717) is 23.3 Å². The Hall–Kier alpha value is -3.29. The lowest BCUT2D eigenvalue weighted by Crippen LogP contribution is -2.14. The molecule has 0 bridgehead atoms. The molecular weight excluding hydrogens is 368 g/mol. The van der Waals surface area contributed by atoms with Gasteiger partial charge >= 0.3 is 0 Å². The Kier molecular flexibility index (Phi) is 6.31. The van der Waals surface area contributed by atoms with Gasteiger partial charge in [-0.1, -0.05) is 54.4 Å². The predicted molar refractivity (Wildman–Crippen MR) is 117 cm³/mol. The third-order valence-corrected chi connectivity index (χ3v) is 4.60. The molecule has 0 unspecified atom stereocenters. The monoisotopic (exact) mass is 388 g/mol. The standard InChI is InChI=1S/C23H21ClN4/c1-4-18-10-12-19(13-11-18)14-15-25-23-26-16-20(24)22(27-23)28(5-2)21-9-7-6-8-17(21)3/h1,5-13,16H,2,14-15H2,3H3,(H,25,26,27). The molecule has 0 aliphatic carbocycles. The van der Waals surface area contributed by atoms with E-state index in [9.17, 15) is 0 Å². The molecule has 0 atom stereocenters. The van der Waals surface area contributed by atoms with Gasteiger partial charge in [-0.3, -0.25) is 0 Å². The minimum absolute atomic E-state index is 0.457. The minimum Gasteiger partial charge on any atom is -0.354 e. The van der Waals surface area contributed by atoms with Crippen molar-refractivity contribution >= 4 is 29.1 Å². The van der Waals surface area contributed by atoms with E-state index in [4.69, 9.17) is 18.0 Å². The fourth-order valence-corrected chi connectivity index (χ4v) is 3.01. The van der Waals surface area contributed by atoms with Gasteiger partial charge in [0.2, 0.25) is 5.95 Å². The quantitative estimate of drug-likeness (QED) is 0.553. The summed E-state index contributed by atoms with van der Waals surface area (Å²) < 4.78 is 0. The molecule has 3 rings (SSSR count). The van der Waals surface area contributed by atoms with Gasteiger partial charge in [0.05, 0.1) is 6.20 Å². The molecule has 4 nitrogen and oxygen atoms in total. The Morgan fingerprint density at radius 1 is 1.21 bits per heavy atom. The fourth-order valence-electron chi connectivity index (χ4n) is 2.83. The highest BCUT2D eigenvalue weighted by Gasteiger charge is 2.15.